The average Bonchev–Trinajstić information content (AvgIpc) is 2.62. The summed E-state index contributed by atoms with van der Waals surface area (Å²) in [6, 6.07) is 5.89. The predicted molar refractivity (Wildman–Crippen MR) is 84.2 cm³/mol. The van der Waals surface area contributed by atoms with Gasteiger partial charge in [0, 0.05) is 35.8 Å². The number of nitrogens with zero attached hydrogens (tertiary/aromatic N) is 1. The van der Waals surface area contributed by atoms with Crippen LogP contribution in [0, 0.1) is 19.3 Å². The van der Waals surface area contributed by atoms with Crippen LogP contribution in [0.25, 0.3) is 10.9 Å². The van der Waals surface area contributed by atoms with Gasteiger partial charge in [0.15, 0.2) is 0 Å². The van der Waals surface area contributed by atoms with Crippen molar-refractivity contribution >= 4 is 16.8 Å². The zero-order chi connectivity index (χ0) is 15.1. The minimum Gasteiger partial charge on any atom is -0.358 e. The van der Waals surface area contributed by atoms with Gasteiger partial charge in [-0.15, -0.1) is 0 Å². The Morgan fingerprint density at radius 1 is 1.25 bits per heavy atom. The molecule has 0 spiro atoms. The Balaban J connectivity index is 2.33. The highest BCUT2D eigenvalue weighted by Crippen LogP contribution is 2.23. The Morgan fingerprint density at radius 3 is 2.50 bits per heavy atom. The monoisotopic (exact) mass is 272 g/mol. The van der Waals surface area contributed by atoms with Crippen LogP contribution in [0.4, 0.5) is 0 Å². The van der Waals surface area contributed by atoms with Crippen molar-refractivity contribution in [3.63, 3.8) is 0 Å². The summed E-state index contributed by atoms with van der Waals surface area (Å²) >= 11 is 0. The lowest BCUT2D eigenvalue weighted by Crippen LogP contribution is -2.34. The SMILES string of the molecule is Cc1[nH]c2ccc(C(=O)N(C)CC(C)(C)C)cc2c1C. The average molecular weight is 272 g/mol. The second kappa shape index (κ2) is 4.97. The minimum absolute atomic E-state index is 0.0834. The molecule has 0 bridgehead atoms. The van der Waals surface area contributed by atoms with E-state index < -0.39 is 0 Å². The molecule has 0 saturated heterocycles. The van der Waals surface area contributed by atoms with Crippen LogP contribution >= 0.6 is 0 Å². The molecule has 0 aliphatic carbocycles. The number of hydrogen-bond acceptors (Lipinski definition) is 1. The zero-order valence-electron chi connectivity index (χ0n) is 13.3. The lowest BCUT2D eigenvalue weighted by molar-refractivity contribution is 0.0746. The van der Waals surface area contributed by atoms with Gasteiger partial charge in [-0.25, -0.2) is 0 Å². The zero-order valence-corrected chi connectivity index (χ0v) is 13.3. The molecule has 2 rings (SSSR count). The Morgan fingerprint density at radius 2 is 1.90 bits per heavy atom. The number of aryl methyl sites for hydroxylation is 2. The van der Waals surface area contributed by atoms with Gasteiger partial charge in [-0.1, -0.05) is 20.8 Å². The van der Waals surface area contributed by atoms with E-state index in [0.29, 0.717) is 0 Å². The molecule has 1 N–H and O–H groups in total. The van der Waals surface area contributed by atoms with Crippen LogP contribution in [0.5, 0.6) is 0 Å². The summed E-state index contributed by atoms with van der Waals surface area (Å²) in [5.74, 6) is 0.0834. The molecule has 0 fully saturated rings. The maximum Gasteiger partial charge on any atom is 0.253 e. The molecule has 1 aromatic carbocycles. The first-order valence-corrected chi connectivity index (χ1v) is 7.03. The van der Waals surface area contributed by atoms with Gasteiger partial charge in [0.2, 0.25) is 0 Å². The van der Waals surface area contributed by atoms with Gasteiger partial charge in [0.25, 0.3) is 5.91 Å². The molecule has 20 heavy (non-hydrogen) atoms. The molecule has 1 aromatic heterocycles. The number of amides is 1. The fraction of sp³-hybridized carbons (Fsp3) is 0.471. The summed E-state index contributed by atoms with van der Waals surface area (Å²) in [5.41, 5.74) is 4.33. The first-order chi connectivity index (χ1) is 9.19. The van der Waals surface area contributed by atoms with Gasteiger partial charge in [-0.05, 0) is 43.0 Å². The largest absolute Gasteiger partial charge is 0.358 e. The van der Waals surface area contributed by atoms with Crippen LogP contribution in [0.2, 0.25) is 0 Å². The topological polar surface area (TPSA) is 36.1 Å². The molecule has 108 valence electrons. The number of rotatable bonds is 2. The number of carbonyl (C=O) groups excluding carboxylic acids is 1. The number of H-pyrrole nitrogens is 1. The fourth-order valence-corrected chi connectivity index (χ4v) is 2.60. The van der Waals surface area contributed by atoms with Crippen LogP contribution < -0.4 is 0 Å². The van der Waals surface area contributed by atoms with Gasteiger partial charge in [-0.3, -0.25) is 4.79 Å². The van der Waals surface area contributed by atoms with Crippen molar-refractivity contribution in [3.8, 4) is 0 Å². The minimum atomic E-state index is 0.0834. The fourth-order valence-electron chi connectivity index (χ4n) is 2.60. The van der Waals surface area contributed by atoms with Crippen LogP contribution in [-0.4, -0.2) is 29.4 Å². The second-order valence-electron chi connectivity index (χ2n) is 6.86. The van der Waals surface area contributed by atoms with Gasteiger partial charge >= 0.3 is 0 Å². The molecule has 1 heterocycles. The van der Waals surface area contributed by atoms with Crippen LogP contribution in [0.1, 0.15) is 42.4 Å². The number of fused-ring (bicyclic) bond motifs is 1. The maximum atomic E-state index is 12.5. The van der Waals surface area contributed by atoms with Crippen LogP contribution in [-0.2, 0) is 0 Å². The number of carbonyl (C=O) groups is 1. The van der Waals surface area contributed by atoms with Gasteiger partial charge in [-0.2, -0.15) is 0 Å². The molecule has 0 unspecified atom stereocenters. The third-order valence-electron chi connectivity index (χ3n) is 3.61. The van der Waals surface area contributed by atoms with E-state index in [-0.39, 0.29) is 11.3 Å². The van der Waals surface area contributed by atoms with Gasteiger partial charge in [0.05, 0.1) is 0 Å². The maximum absolute atomic E-state index is 12.5. The van der Waals surface area contributed by atoms with E-state index in [2.05, 4.69) is 39.6 Å². The van der Waals surface area contributed by atoms with E-state index in [1.54, 1.807) is 4.90 Å². The number of hydrogen-bond donors (Lipinski definition) is 1. The third-order valence-corrected chi connectivity index (χ3v) is 3.61. The van der Waals surface area contributed by atoms with E-state index in [9.17, 15) is 4.79 Å². The summed E-state index contributed by atoms with van der Waals surface area (Å²) in [6.45, 7) is 11.3. The van der Waals surface area contributed by atoms with Crippen molar-refractivity contribution in [2.45, 2.75) is 34.6 Å². The van der Waals surface area contributed by atoms with E-state index in [1.165, 1.54) is 5.56 Å². The molecule has 0 radical (unpaired) electrons. The Bertz CT molecular complexity index is 647. The Hall–Kier alpha value is -1.77. The van der Waals surface area contributed by atoms with E-state index in [0.717, 1.165) is 28.7 Å². The molecule has 2 aromatic rings. The molecule has 0 aliphatic heterocycles. The highest BCUT2D eigenvalue weighted by atomic mass is 16.2. The van der Waals surface area contributed by atoms with Crippen LogP contribution in [0.3, 0.4) is 0 Å². The van der Waals surface area contributed by atoms with Crippen LogP contribution in [0.15, 0.2) is 18.2 Å². The number of aromatic nitrogens is 1. The van der Waals surface area contributed by atoms with Crippen molar-refractivity contribution in [3.05, 3.63) is 35.0 Å². The number of nitrogens with one attached hydrogen (secondary N) is 1. The molecule has 0 saturated carbocycles. The van der Waals surface area contributed by atoms with Crippen molar-refractivity contribution in [2.24, 2.45) is 5.41 Å². The lowest BCUT2D eigenvalue weighted by Gasteiger charge is -2.26. The van der Waals surface area contributed by atoms with E-state index in [1.807, 2.05) is 25.2 Å². The third kappa shape index (κ3) is 2.87. The summed E-state index contributed by atoms with van der Waals surface area (Å²) in [7, 11) is 1.87. The Labute approximate surface area is 121 Å². The van der Waals surface area contributed by atoms with Crippen molar-refractivity contribution in [2.75, 3.05) is 13.6 Å². The predicted octanol–water partition coefficient (Wildman–Crippen LogP) is 3.90. The summed E-state index contributed by atoms with van der Waals surface area (Å²) in [5, 5.41) is 1.14. The first-order valence-electron chi connectivity index (χ1n) is 7.03. The molecular formula is C17H24N2O. The normalized spacial score (nSPS) is 11.9. The molecular weight excluding hydrogens is 248 g/mol. The quantitative estimate of drug-likeness (QED) is 0.884. The number of aromatic amines is 1. The lowest BCUT2D eigenvalue weighted by atomic mass is 9.96. The van der Waals surface area contributed by atoms with E-state index in [4.69, 9.17) is 0 Å². The first kappa shape index (κ1) is 14.6. The molecule has 1 amide bonds. The van der Waals surface area contributed by atoms with E-state index >= 15 is 0 Å². The molecule has 0 atom stereocenters. The molecule has 3 heteroatoms. The summed E-state index contributed by atoms with van der Waals surface area (Å²) in [6.07, 6.45) is 0. The second-order valence-corrected chi connectivity index (χ2v) is 6.86. The van der Waals surface area contributed by atoms with Crippen molar-refractivity contribution in [1.82, 2.24) is 9.88 Å². The molecule has 0 aliphatic rings. The Kier molecular flexibility index (Phi) is 3.63. The van der Waals surface area contributed by atoms with Crippen molar-refractivity contribution in [1.29, 1.82) is 0 Å². The van der Waals surface area contributed by atoms with Gasteiger partial charge in [0.1, 0.15) is 0 Å². The summed E-state index contributed by atoms with van der Waals surface area (Å²) in [4.78, 5) is 17.6. The molecule has 3 nitrogen and oxygen atoms in total. The smallest absolute Gasteiger partial charge is 0.253 e. The number of benzene rings is 1. The standard InChI is InChI=1S/C17H24N2O/c1-11-12(2)18-15-8-7-13(9-14(11)15)16(20)19(6)10-17(3,4)5/h7-9,18H,10H2,1-6H3. The highest BCUT2D eigenvalue weighted by molar-refractivity contribution is 5.98. The van der Waals surface area contributed by atoms with Gasteiger partial charge < -0.3 is 9.88 Å². The van der Waals surface area contributed by atoms with Crippen molar-refractivity contribution < 1.29 is 4.79 Å². The summed E-state index contributed by atoms with van der Waals surface area (Å²) < 4.78 is 0. The highest BCUT2D eigenvalue weighted by Gasteiger charge is 2.19.